The molecule has 1 heterocycles. The highest BCUT2D eigenvalue weighted by Crippen LogP contribution is 2.37. The van der Waals surface area contributed by atoms with Crippen molar-refractivity contribution in [1.29, 1.82) is 0 Å². The van der Waals surface area contributed by atoms with Crippen LogP contribution in [0.5, 0.6) is 5.75 Å². The van der Waals surface area contributed by atoms with E-state index in [1.807, 2.05) is 6.07 Å². The van der Waals surface area contributed by atoms with Crippen LogP contribution >= 0.6 is 0 Å². The second kappa shape index (κ2) is 6.85. The Morgan fingerprint density at radius 3 is 2.43 bits per heavy atom. The summed E-state index contributed by atoms with van der Waals surface area (Å²) in [6.07, 6.45) is -2.15. The Morgan fingerprint density at radius 1 is 1.07 bits per heavy atom. The first-order valence-electron chi connectivity index (χ1n) is 8.92. The second-order valence-corrected chi connectivity index (χ2v) is 6.88. The zero-order chi connectivity index (χ0) is 19.9. The average molecular weight is 390 g/mol. The predicted octanol–water partition coefficient (Wildman–Crippen LogP) is 4.14. The molecule has 0 unspecified atom stereocenters. The Hall–Kier alpha value is -3.03. The zero-order valence-corrected chi connectivity index (χ0v) is 14.8. The van der Waals surface area contributed by atoms with Crippen LogP contribution in [-0.4, -0.2) is 24.7 Å². The number of nitrogens with one attached hydrogen (secondary N) is 1. The third-order valence-corrected chi connectivity index (χ3v) is 4.78. The molecule has 0 aromatic heterocycles. The smallest absolute Gasteiger partial charge is 0.406 e. The summed E-state index contributed by atoms with van der Waals surface area (Å²) in [5.74, 6) is -0.614. The van der Waals surface area contributed by atoms with Crippen LogP contribution in [0.4, 0.5) is 24.5 Å². The summed E-state index contributed by atoms with van der Waals surface area (Å²) in [6, 6.07) is 10.1. The highest BCUT2D eigenvalue weighted by Gasteiger charge is 2.36. The molecule has 1 aliphatic heterocycles. The van der Waals surface area contributed by atoms with Gasteiger partial charge in [-0.3, -0.25) is 9.59 Å². The second-order valence-electron chi connectivity index (χ2n) is 6.88. The Bertz CT molecular complexity index is 921. The van der Waals surface area contributed by atoms with Crippen molar-refractivity contribution in [3.8, 4) is 5.75 Å². The van der Waals surface area contributed by atoms with Crippen molar-refractivity contribution < 1.29 is 27.5 Å². The van der Waals surface area contributed by atoms with Crippen molar-refractivity contribution in [2.75, 3.05) is 16.8 Å². The Kier molecular flexibility index (Phi) is 4.49. The maximum Gasteiger partial charge on any atom is 0.573 e. The largest absolute Gasteiger partial charge is 0.573 e. The maximum absolute atomic E-state index is 12.4. The fourth-order valence-corrected chi connectivity index (χ4v) is 3.25. The molecule has 2 aliphatic rings. The van der Waals surface area contributed by atoms with Gasteiger partial charge < -0.3 is 15.0 Å². The van der Waals surface area contributed by atoms with Gasteiger partial charge in [0.2, 0.25) is 5.91 Å². The van der Waals surface area contributed by atoms with Crippen LogP contribution in [0.25, 0.3) is 0 Å². The molecular formula is C20H17F3N2O3. The van der Waals surface area contributed by atoms with Gasteiger partial charge in [-0.1, -0.05) is 6.07 Å². The summed E-state index contributed by atoms with van der Waals surface area (Å²) >= 11 is 0. The topological polar surface area (TPSA) is 58.6 Å². The van der Waals surface area contributed by atoms with Gasteiger partial charge in [0.25, 0.3) is 5.91 Å². The van der Waals surface area contributed by atoms with E-state index in [9.17, 15) is 22.8 Å². The molecule has 5 nitrogen and oxygen atoms in total. The molecule has 28 heavy (non-hydrogen) atoms. The molecule has 0 spiro atoms. The van der Waals surface area contributed by atoms with Crippen molar-refractivity contribution in [2.24, 2.45) is 5.92 Å². The van der Waals surface area contributed by atoms with Crippen LogP contribution in [-0.2, 0) is 11.2 Å². The summed E-state index contributed by atoms with van der Waals surface area (Å²) in [6.45, 7) is 0.642. The minimum atomic E-state index is -4.78. The molecule has 1 fully saturated rings. The third-order valence-electron chi connectivity index (χ3n) is 4.78. The van der Waals surface area contributed by atoms with E-state index in [2.05, 4.69) is 10.1 Å². The minimum Gasteiger partial charge on any atom is -0.406 e. The molecule has 2 aromatic rings. The molecule has 0 radical (unpaired) electrons. The SMILES string of the molecule is O=C(Nc1ccc2c(c1)N(C(=O)C1CC1)CC2)c1ccc(OC(F)(F)F)cc1. The lowest BCUT2D eigenvalue weighted by atomic mass is 10.1. The van der Waals surface area contributed by atoms with Crippen molar-refractivity contribution in [3.63, 3.8) is 0 Å². The van der Waals surface area contributed by atoms with Crippen LogP contribution < -0.4 is 15.0 Å². The highest BCUT2D eigenvalue weighted by atomic mass is 19.4. The number of hydrogen-bond acceptors (Lipinski definition) is 3. The van der Waals surface area contributed by atoms with E-state index in [1.54, 1.807) is 17.0 Å². The number of nitrogens with zero attached hydrogens (tertiary/aromatic N) is 1. The van der Waals surface area contributed by atoms with Crippen molar-refractivity contribution in [2.45, 2.75) is 25.6 Å². The molecule has 2 amide bonds. The lowest BCUT2D eigenvalue weighted by molar-refractivity contribution is -0.274. The van der Waals surface area contributed by atoms with Gasteiger partial charge in [-0.15, -0.1) is 13.2 Å². The molecule has 0 atom stereocenters. The number of alkyl halides is 3. The first-order valence-corrected chi connectivity index (χ1v) is 8.92. The van der Waals surface area contributed by atoms with Gasteiger partial charge in [-0.25, -0.2) is 0 Å². The Labute approximate surface area is 159 Å². The summed E-state index contributed by atoms with van der Waals surface area (Å²) in [4.78, 5) is 26.6. The van der Waals surface area contributed by atoms with Gasteiger partial charge >= 0.3 is 6.36 Å². The monoisotopic (exact) mass is 390 g/mol. The van der Waals surface area contributed by atoms with E-state index >= 15 is 0 Å². The minimum absolute atomic E-state index is 0.113. The number of carbonyl (C=O) groups excluding carboxylic acids is 2. The number of hydrogen-bond donors (Lipinski definition) is 1. The Morgan fingerprint density at radius 2 is 1.79 bits per heavy atom. The van der Waals surface area contributed by atoms with Crippen LogP contribution in [0.1, 0.15) is 28.8 Å². The van der Waals surface area contributed by atoms with Crippen LogP contribution in [0, 0.1) is 5.92 Å². The predicted molar refractivity (Wildman–Crippen MR) is 96.3 cm³/mol. The van der Waals surface area contributed by atoms with Crippen molar-refractivity contribution >= 4 is 23.2 Å². The third kappa shape index (κ3) is 3.95. The molecular weight excluding hydrogens is 373 g/mol. The van der Waals surface area contributed by atoms with Gasteiger partial charge in [-0.2, -0.15) is 0 Å². The molecule has 2 aromatic carbocycles. The number of halogens is 3. The van der Waals surface area contributed by atoms with Gasteiger partial charge in [0.15, 0.2) is 0 Å². The molecule has 1 N–H and O–H groups in total. The molecule has 0 saturated heterocycles. The average Bonchev–Trinajstić information content (AvgIpc) is 3.40. The van der Waals surface area contributed by atoms with Crippen LogP contribution in [0.15, 0.2) is 42.5 Å². The van der Waals surface area contributed by atoms with E-state index in [0.717, 1.165) is 42.6 Å². The molecule has 1 aliphatic carbocycles. The van der Waals surface area contributed by atoms with E-state index in [4.69, 9.17) is 0 Å². The quantitative estimate of drug-likeness (QED) is 0.854. The van der Waals surface area contributed by atoms with E-state index in [-0.39, 0.29) is 17.4 Å². The summed E-state index contributed by atoms with van der Waals surface area (Å²) in [5, 5.41) is 2.72. The molecule has 4 rings (SSSR count). The molecule has 146 valence electrons. The maximum atomic E-state index is 12.4. The highest BCUT2D eigenvalue weighted by molar-refractivity contribution is 6.05. The molecule has 0 bridgehead atoms. The number of carbonyl (C=O) groups is 2. The fraction of sp³-hybridized carbons (Fsp3) is 0.300. The number of benzene rings is 2. The molecule has 8 heteroatoms. The van der Waals surface area contributed by atoms with Gasteiger partial charge in [0.1, 0.15) is 5.75 Å². The van der Waals surface area contributed by atoms with Crippen LogP contribution in [0.2, 0.25) is 0 Å². The zero-order valence-electron chi connectivity index (χ0n) is 14.8. The number of anilines is 2. The van der Waals surface area contributed by atoms with Gasteiger partial charge in [0, 0.05) is 29.4 Å². The first kappa shape index (κ1) is 18.3. The Balaban J connectivity index is 1.46. The summed E-state index contributed by atoms with van der Waals surface area (Å²) in [5.41, 5.74) is 2.58. The summed E-state index contributed by atoms with van der Waals surface area (Å²) < 4.78 is 40.4. The first-order chi connectivity index (χ1) is 13.3. The van der Waals surface area contributed by atoms with Gasteiger partial charge in [0.05, 0.1) is 0 Å². The van der Waals surface area contributed by atoms with Crippen molar-refractivity contribution in [3.05, 3.63) is 53.6 Å². The number of ether oxygens (including phenoxy) is 1. The van der Waals surface area contributed by atoms with Gasteiger partial charge in [-0.05, 0) is 61.2 Å². The van der Waals surface area contributed by atoms with E-state index < -0.39 is 18.0 Å². The number of rotatable bonds is 4. The normalized spacial score (nSPS) is 15.9. The van der Waals surface area contributed by atoms with E-state index in [0.29, 0.717) is 12.2 Å². The molecule has 1 saturated carbocycles. The standard InChI is InChI=1S/C20H17F3N2O3/c21-20(22,23)28-16-7-4-13(5-8-16)18(26)24-15-6-3-12-9-10-25(17(12)11-15)19(27)14-1-2-14/h3-8,11,14H,1-2,9-10H2,(H,24,26). The van der Waals surface area contributed by atoms with Crippen LogP contribution in [0.3, 0.4) is 0 Å². The lowest BCUT2D eigenvalue weighted by Crippen LogP contribution is -2.30. The summed E-state index contributed by atoms with van der Waals surface area (Å²) in [7, 11) is 0. The number of amides is 2. The fourth-order valence-electron chi connectivity index (χ4n) is 3.25. The van der Waals surface area contributed by atoms with E-state index in [1.165, 1.54) is 12.1 Å². The van der Waals surface area contributed by atoms with Crippen molar-refractivity contribution in [1.82, 2.24) is 0 Å². The number of fused-ring (bicyclic) bond motifs is 1. The lowest BCUT2D eigenvalue weighted by Gasteiger charge is -2.18.